The third-order valence-corrected chi connectivity index (χ3v) is 4.22. The molecule has 3 nitrogen and oxygen atoms in total. The molecule has 120 valence electrons. The Hall–Kier alpha value is -2.94. The number of hydrogen-bond donors (Lipinski definition) is 1. The summed E-state index contributed by atoms with van der Waals surface area (Å²) in [7, 11) is 0. The van der Waals surface area contributed by atoms with Gasteiger partial charge in [-0.2, -0.15) is 0 Å². The highest BCUT2D eigenvalue weighted by Gasteiger charge is 2.17. The maximum Gasteiger partial charge on any atom is 0.252 e. The first-order chi connectivity index (χ1) is 11.6. The second kappa shape index (κ2) is 7.09. The van der Waals surface area contributed by atoms with E-state index in [0.717, 1.165) is 16.7 Å². The number of pyridine rings is 1. The lowest BCUT2D eigenvalue weighted by atomic mass is 9.98. The van der Waals surface area contributed by atoms with Crippen LogP contribution in [0, 0.1) is 13.8 Å². The maximum atomic E-state index is 12.7. The van der Waals surface area contributed by atoms with Gasteiger partial charge in [0.05, 0.1) is 6.04 Å². The van der Waals surface area contributed by atoms with E-state index in [1.807, 2.05) is 74.5 Å². The SMILES string of the molecule is Cc1ccc(C(=O)NC(c2ccccc2)c2ccncc2)cc1C. The van der Waals surface area contributed by atoms with Gasteiger partial charge in [-0.1, -0.05) is 36.4 Å². The van der Waals surface area contributed by atoms with E-state index in [4.69, 9.17) is 0 Å². The first kappa shape index (κ1) is 15.9. The highest BCUT2D eigenvalue weighted by molar-refractivity contribution is 5.95. The summed E-state index contributed by atoms with van der Waals surface area (Å²) in [6.07, 6.45) is 3.49. The van der Waals surface area contributed by atoms with Crippen molar-refractivity contribution in [2.75, 3.05) is 0 Å². The number of carbonyl (C=O) groups excluding carboxylic acids is 1. The van der Waals surface area contributed by atoms with Crippen LogP contribution in [0.4, 0.5) is 0 Å². The maximum absolute atomic E-state index is 12.7. The minimum atomic E-state index is -0.205. The Bertz CT molecular complexity index is 789. The first-order valence-electron chi connectivity index (χ1n) is 7.98. The average Bonchev–Trinajstić information content (AvgIpc) is 2.63. The highest BCUT2D eigenvalue weighted by Crippen LogP contribution is 2.22. The van der Waals surface area contributed by atoms with Gasteiger partial charge in [0.1, 0.15) is 0 Å². The molecule has 1 unspecified atom stereocenters. The van der Waals surface area contributed by atoms with Crippen LogP contribution in [0.25, 0.3) is 0 Å². The van der Waals surface area contributed by atoms with Gasteiger partial charge in [-0.25, -0.2) is 0 Å². The van der Waals surface area contributed by atoms with E-state index >= 15 is 0 Å². The molecule has 0 fully saturated rings. The van der Waals surface area contributed by atoms with Crippen molar-refractivity contribution in [2.45, 2.75) is 19.9 Å². The number of aromatic nitrogens is 1. The zero-order valence-electron chi connectivity index (χ0n) is 13.9. The van der Waals surface area contributed by atoms with Crippen molar-refractivity contribution in [2.24, 2.45) is 0 Å². The molecule has 0 aliphatic carbocycles. The van der Waals surface area contributed by atoms with Crippen LogP contribution < -0.4 is 5.32 Å². The van der Waals surface area contributed by atoms with Gasteiger partial charge in [0.15, 0.2) is 0 Å². The van der Waals surface area contributed by atoms with Crippen molar-refractivity contribution in [1.29, 1.82) is 0 Å². The predicted octanol–water partition coefficient (Wildman–Crippen LogP) is 4.22. The second-order valence-electron chi connectivity index (χ2n) is 5.90. The Morgan fingerprint density at radius 2 is 1.54 bits per heavy atom. The van der Waals surface area contributed by atoms with Crippen molar-refractivity contribution in [1.82, 2.24) is 10.3 Å². The van der Waals surface area contributed by atoms with Gasteiger partial charge in [-0.05, 0) is 60.4 Å². The summed E-state index contributed by atoms with van der Waals surface area (Å²) in [4.78, 5) is 16.8. The van der Waals surface area contributed by atoms with E-state index in [-0.39, 0.29) is 11.9 Å². The first-order valence-corrected chi connectivity index (χ1v) is 7.98. The van der Waals surface area contributed by atoms with E-state index in [1.165, 1.54) is 5.56 Å². The molecule has 1 aromatic heterocycles. The van der Waals surface area contributed by atoms with Crippen LogP contribution in [0.1, 0.15) is 38.7 Å². The fourth-order valence-corrected chi connectivity index (χ4v) is 2.66. The van der Waals surface area contributed by atoms with Gasteiger partial charge < -0.3 is 5.32 Å². The van der Waals surface area contributed by atoms with Gasteiger partial charge in [0, 0.05) is 18.0 Å². The summed E-state index contributed by atoms with van der Waals surface area (Å²) in [5.74, 6) is -0.0798. The zero-order valence-corrected chi connectivity index (χ0v) is 13.9. The van der Waals surface area contributed by atoms with Crippen LogP contribution in [0.2, 0.25) is 0 Å². The van der Waals surface area contributed by atoms with Crippen LogP contribution in [0.5, 0.6) is 0 Å². The van der Waals surface area contributed by atoms with Crippen molar-refractivity contribution in [3.05, 3.63) is 101 Å². The average molecular weight is 316 g/mol. The highest BCUT2D eigenvalue weighted by atomic mass is 16.1. The fourth-order valence-electron chi connectivity index (χ4n) is 2.66. The zero-order chi connectivity index (χ0) is 16.9. The van der Waals surface area contributed by atoms with Crippen molar-refractivity contribution in [3.8, 4) is 0 Å². The number of aryl methyl sites for hydroxylation is 2. The molecule has 0 aliphatic rings. The molecule has 0 bridgehead atoms. The smallest absolute Gasteiger partial charge is 0.252 e. The molecule has 1 heterocycles. The molecule has 0 saturated carbocycles. The van der Waals surface area contributed by atoms with Gasteiger partial charge >= 0.3 is 0 Å². The molecule has 2 aromatic carbocycles. The summed E-state index contributed by atoms with van der Waals surface area (Å²) in [6.45, 7) is 4.06. The topological polar surface area (TPSA) is 42.0 Å². The standard InChI is InChI=1S/C21H20N2O/c1-15-8-9-19(14-16(15)2)21(24)23-20(17-6-4-3-5-7-17)18-10-12-22-13-11-18/h3-14,20H,1-2H3,(H,23,24). The summed E-state index contributed by atoms with van der Waals surface area (Å²) in [5, 5.41) is 3.15. The lowest BCUT2D eigenvalue weighted by molar-refractivity contribution is 0.0943. The predicted molar refractivity (Wildman–Crippen MR) is 95.9 cm³/mol. The molecule has 3 heteroatoms. The third kappa shape index (κ3) is 3.51. The van der Waals surface area contributed by atoms with Crippen LogP contribution in [-0.4, -0.2) is 10.9 Å². The molecule has 24 heavy (non-hydrogen) atoms. The minimum Gasteiger partial charge on any atom is -0.341 e. The number of rotatable bonds is 4. The molecule has 1 atom stereocenters. The number of benzene rings is 2. The molecular formula is C21H20N2O. The van der Waals surface area contributed by atoms with Gasteiger partial charge in [-0.15, -0.1) is 0 Å². The Kier molecular flexibility index (Phi) is 4.71. The minimum absolute atomic E-state index is 0.0798. The molecule has 1 amide bonds. The summed E-state index contributed by atoms with van der Waals surface area (Å²) < 4.78 is 0. The lowest BCUT2D eigenvalue weighted by Gasteiger charge is -2.20. The molecule has 1 N–H and O–H groups in total. The van der Waals surface area contributed by atoms with Crippen molar-refractivity contribution in [3.63, 3.8) is 0 Å². The molecular weight excluding hydrogens is 296 g/mol. The summed E-state index contributed by atoms with van der Waals surface area (Å²) in [6, 6.07) is 19.4. The Morgan fingerprint density at radius 1 is 0.875 bits per heavy atom. The summed E-state index contributed by atoms with van der Waals surface area (Å²) in [5.41, 5.74) is 5.02. The van der Waals surface area contributed by atoms with Gasteiger partial charge in [-0.3, -0.25) is 9.78 Å². The van der Waals surface area contributed by atoms with Crippen LogP contribution in [-0.2, 0) is 0 Å². The number of nitrogens with zero attached hydrogens (tertiary/aromatic N) is 1. The quantitative estimate of drug-likeness (QED) is 0.783. The number of carbonyl (C=O) groups is 1. The van der Waals surface area contributed by atoms with Crippen molar-refractivity contribution >= 4 is 5.91 Å². The van der Waals surface area contributed by atoms with Crippen LogP contribution in [0.3, 0.4) is 0 Å². The van der Waals surface area contributed by atoms with Crippen LogP contribution in [0.15, 0.2) is 73.1 Å². The fraction of sp³-hybridized carbons (Fsp3) is 0.143. The van der Waals surface area contributed by atoms with Gasteiger partial charge in [0.25, 0.3) is 5.91 Å². The van der Waals surface area contributed by atoms with E-state index in [2.05, 4.69) is 10.3 Å². The second-order valence-corrected chi connectivity index (χ2v) is 5.90. The van der Waals surface area contributed by atoms with Crippen LogP contribution >= 0.6 is 0 Å². The molecule has 0 spiro atoms. The molecule has 0 radical (unpaired) electrons. The summed E-state index contributed by atoms with van der Waals surface area (Å²) >= 11 is 0. The Labute approximate surface area is 142 Å². The molecule has 0 saturated heterocycles. The third-order valence-electron chi connectivity index (χ3n) is 4.22. The van der Waals surface area contributed by atoms with Gasteiger partial charge in [0.2, 0.25) is 0 Å². The molecule has 0 aliphatic heterocycles. The van der Waals surface area contributed by atoms with E-state index in [9.17, 15) is 4.79 Å². The largest absolute Gasteiger partial charge is 0.341 e. The van der Waals surface area contributed by atoms with E-state index < -0.39 is 0 Å². The normalized spacial score (nSPS) is 11.8. The number of hydrogen-bond acceptors (Lipinski definition) is 2. The van der Waals surface area contributed by atoms with Crippen molar-refractivity contribution < 1.29 is 4.79 Å². The lowest BCUT2D eigenvalue weighted by Crippen LogP contribution is -2.29. The monoisotopic (exact) mass is 316 g/mol. The number of amides is 1. The Balaban J connectivity index is 1.92. The molecule has 3 rings (SSSR count). The van der Waals surface area contributed by atoms with E-state index in [1.54, 1.807) is 12.4 Å². The van der Waals surface area contributed by atoms with E-state index in [0.29, 0.717) is 5.56 Å². The number of nitrogens with one attached hydrogen (secondary N) is 1. The molecule has 3 aromatic rings. The Morgan fingerprint density at radius 3 is 2.21 bits per heavy atom.